The van der Waals surface area contributed by atoms with E-state index in [-0.39, 0.29) is 33.0 Å². The lowest BCUT2D eigenvalue weighted by atomic mass is 9.87. The van der Waals surface area contributed by atoms with Crippen LogP contribution in [-0.2, 0) is 4.74 Å². The third-order valence-electron chi connectivity index (χ3n) is 9.00. The fourth-order valence-corrected chi connectivity index (χ4v) is 6.98. The van der Waals surface area contributed by atoms with Gasteiger partial charge in [-0.05, 0) is 65.4 Å². The van der Waals surface area contributed by atoms with Gasteiger partial charge < -0.3 is 9.64 Å². The number of imide groups is 1. The van der Waals surface area contributed by atoms with Gasteiger partial charge in [0.15, 0.2) is 0 Å². The molecule has 7 heteroatoms. The Morgan fingerprint density at radius 3 is 1.60 bits per heavy atom. The van der Waals surface area contributed by atoms with Crippen LogP contribution in [0.4, 0.5) is 22.7 Å². The van der Waals surface area contributed by atoms with Crippen molar-refractivity contribution in [2.24, 2.45) is 0 Å². The lowest BCUT2D eigenvalue weighted by molar-refractivity contribution is 0.0390. The molecule has 9 rings (SSSR count). The van der Waals surface area contributed by atoms with E-state index in [4.69, 9.17) is 4.74 Å². The second-order valence-electron chi connectivity index (χ2n) is 11.5. The van der Waals surface area contributed by atoms with E-state index in [9.17, 15) is 19.2 Å². The Morgan fingerprint density at radius 1 is 0.489 bits per heavy atom. The molecular weight excluding hydrogens is 588 g/mol. The number of hydrogen-bond acceptors (Lipinski definition) is 6. The topological polar surface area (TPSA) is 84.0 Å². The number of carbonyl (C=O) groups excluding carboxylic acids is 4. The van der Waals surface area contributed by atoms with Crippen LogP contribution < -0.4 is 9.80 Å². The van der Waals surface area contributed by atoms with Crippen LogP contribution in [0.2, 0.25) is 0 Å². The Balaban J connectivity index is 1.31. The molecular formula is C40H22N2O5. The standard InChI is InChI=1S/C40H22N2O5/c43-37-28-18-20-30-35-31(40(46)47-39(30)45)21-19-29(34(28)35)38(44)42(37)33-17-9-8-16-32(33)41(25-12-2-1-3-13-25)36-26-14-6-4-10-23(26)22-24-11-5-7-15-27(24)36/h1-22H. The molecule has 7 nitrogen and oxygen atoms in total. The summed E-state index contributed by atoms with van der Waals surface area (Å²) in [5.41, 5.74) is 3.49. The monoisotopic (exact) mass is 610 g/mol. The Morgan fingerprint density at radius 2 is 0.979 bits per heavy atom. The highest BCUT2D eigenvalue weighted by molar-refractivity contribution is 6.39. The molecule has 0 N–H and O–H groups in total. The molecule has 7 aromatic rings. The quantitative estimate of drug-likeness (QED) is 0.0858. The number of benzene rings is 7. The lowest BCUT2D eigenvalue weighted by Crippen LogP contribution is -2.41. The minimum atomic E-state index is -0.806. The van der Waals surface area contributed by atoms with Crippen LogP contribution in [0.15, 0.2) is 133 Å². The van der Waals surface area contributed by atoms with E-state index in [1.807, 2.05) is 66.7 Å². The van der Waals surface area contributed by atoms with Crippen LogP contribution in [0.1, 0.15) is 41.4 Å². The zero-order valence-electron chi connectivity index (χ0n) is 24.6. The Kier molecular flexibility index (Phi) is 5.67. The van der Waals surface area contributed by atoms with E-state index in [1.54, 1.807) is 12.1 Å². The lowest BCUT2D eigenvalue weighted by Gasteiger charge is -2.34. The summed E-state index contributed by atoms with van der Waals surface area (Å²) in [6, 6.07) is 41.7. The number of esters is 2. The number of fused-ring (bicyclic) bond motifs is 2. The second-order valence-corrected chi connectivity index (χ2v) is 11.5. The van der Waals surface area contributed by atoms with Crippen molar-refractivity contribution in [2.75, 3.05) is 9.80 Å². The minimum absolute atomic E-state index is 0.146. The zero-order chi connectivity index (χ0) is 31.8. The highest BCUT2D eigenvalue weighted by Gasteiger charge is 2.40. The number of ether oxygens (including phenoxy) is 1. The van der Waals surface area contributed by atoms with Crippen LogP contribution in [-0.4, -0.2) is 23.8 Å². The molecule has 0 saturated heterocycles. The minimum Gasteiger partial charge on any atom is -0.386 e. The third kappa shape index (κ3) is 3.80. The first kappa shape index (κ1) is 26.8. The maximum absolute atomic E-state index is 14.5. The Labute approximate surface area is 267 Å². The number of cyclic esters (lactones) is 2. The molecule has 0 aliphatic carbocycles. The van der Waals surface area contributed by atoms with Crippen molar-refractivity contribution in [3.05, 3.63) is 156 Å². The van der Waals surface area contributed by atoms with Crippen molar-refractivity contribution in [3.63, 3.8) is 0 Å². The van der Waals surface area contributed by atoms with Gasteiger partial charge in [0.05, 0.1) is 28.2 Å². The number of carbonyl (C=O) groups is 4. The molecule has 2 aliphatic heterocycles. The van der Waals surface area contributed by atoms with E-state index in [0.29, 0.717) is 11.4 Å². The van der Waals surface area contributed by atoms with Gasteiger partial charge in [-0.3, -0.25) is 9.59 Å². The molecule has 2 amide bonds. The maximum Gasteiger partial charge on any atom is 0.346 e. The highest BCUT2D eigenvalue weighted by atomic mass is 16.6. The summed E-state index contributed by atoms with van der Waals surface area (Å²) >= 11 is 0. The average Bonchev–Trinajstić information content (AvgIpc) is 3.10. The molecule has 0 saturated carbocycles. The highest BCUT2D eigenvalue weighted by Crippen LogP contribution is 2.48. The van der Waals surface area contributed by atoms with Crippen molar-refractivity contribution < 1.29 is 23.9 Å². The number of hydrogen-bond donors (Lipinski definition) is 0. The normalized spacial score (nSPS) is 13.8. The number of anilines is 4. The van der Waals surface area contributed by atoms with Gasteiger partial charge in [0.1, 0.15) is 0 Å². The molecule has 222 valence electrons. The molecule has 2 heterocycles. The average molecular weight is 611 g/mol. The fraction of sp³-hybridized carbons (Fsp3) is 0. The van der Waals surface area contributed by atoms with E-state index < -0.39 is 23.8 Å². The largest absolute Gasteiger partial charge is 0.386 e. The summed E-state index contributed by atoms with van der Waals surface area (Å²) < 4.78 is 4.90. The summed E-state index contributed by atoms with van der Waals surface area (Å²) in [6.45, 7) is 0. The number of amides is 2. The first-order chi connectivity index (χ1) is 23.0. The SMILES string of the molecule is O=C1OC(=O)c2ccc3c4c(ccc1c24)C(=O)N(c1ccccc1N(c1ccccc1)c1c2ccccc2cc2ccccc12)C3=O. The van der Waals surface area contributed by atoms with Crippen LogP contribution in [0.3, 0.4) is 0 Å². The Hall–Kier alpha value is -6.60. The predicted octanol–water partition coefficient (Wildman–Crippen LogP) is 8.73. The van der Waals surface area contributed by atoms with E-state index >= 15 is 0 Å². The summed E-state index contributed by atoms with van der Waals surface area (Å²) in [5.74, 6) is -2.72. The van der Waals surface area contributed by atoms with Gasteiger partial charge in [0.25, 0.3) is 11.8 Å². The molecule has 2 aliphatic rings. The molecule has 0 atom stereocenters. The van der Waals surface area contributed by atoms with Gasteiger partial charge in [0, 0.05) is 38.4 Å². The summed E-state index contributed by atoms with van der Waals surface area (Å²) in [4.78, 5) is 57.4. The Bertz CT molecular complexity index is 2420. The van der Waals surface area contributed by atoms with Gasteiger partial charge in [-0.1, -0.05) is 78.9 Å². The number of nitrogens with zero attached hydrogens (tertiary/aromatic N) is 2. The van der Waals surface area contributed by atoms with E-state index in [1.165, 1.54) is 29.2 Å². The molecule has 0 spiro atoms. The van der Waals surface area contributed by atoms with Crippen molar-refractivity contribution >= 4 is 78.8 Å². The molecule has 0 bridgehead atoms. The van der Waals surface area contributed by atoms with Crippen molar-refractivity contribution in [3.8, 4) is 0 Å². The summed E-state index contributed by atoms with van der Waals surface area (Å²) in [7, 11) is 0. The van der Waals surface area contributed by atoms with Gasteiger partial charge in [0.2, 0.25) is 0 Å². The van der Waals surface area contributed by atoms with Crippen molar-refractivity contribution in [1.29, 1.82) is 0 Å². The van der Waals surface area contributed by atoms with Crippen LogP contribution in [0.25, 0.3) is 32.3 Å². The third-order valence-corrected chi connectivity index (χ3v) is 9.00. The summed E-state index contributed by atoms with van der Waals surface area (Å²) in [6.07, 6.45) is 0. The van der Waals surface area contributed by atoms with Crippen LogP contribution in [0.5, 0.6) is 0 Å². The molecule has 0 aromatic heterocycles. The van der Waals surface area contributed by atoms with E-state index in [0.717, 1.165) is 32.9 Å². The smallest absolute Gasteiger partial charge is 0.346 e. The van der Waals surface area contributed by atoms with Crippen LogP contribution >= 0.6 is 0 Å². The zero-order valence-corrected chi connectivity index (χ0v) is 24.6. The van der Waals surface area contributed by atoms with E-state index in [2.05, 4.69) is 35.2 Å². The molecule has 0 fully saturated rings. The maximum atomic E-state index is 14.5. The first-order valence-corrected chi connectivity index (χ1v) is 15.1. The summed E-state index contributed by atoms with van der Waals surface area (Å²) in [5, 5.41) is 4.65. The fourth-order valence-electron chi connectivity index (χ4n) is 6.98. The van der Waals surface area contributed by atoms with Gasteiger partial charge in [-0.15, -0.1) is 0 Å². The molecule has 0 unspecified atom stereocenters. The van der Waals surface area contributed by atoms with Crippen molar-refractivity contribution in [2.45, 2.75) is 0 Å². The predicted molar refractivity (Wildman–Crippen MR) is 181 cm³/mol. The van der Waals surface area contributed by atoms with Crippen molar-refractivity contribution in [1.82, 2.24) is 0 Å². The second kappa shape index (κ2) is 9.95. The van der Waals surface area contributed by atoms with Gasteiger partial charge in [-0.2, -0.15) is 0 Å². The van der Waals surface area contributed by atoms with Crippen LogP contribution in [0, 0.1) is 0 Å². The van der Waals surface area contributed by atoms with Gasteiger partial charge >= 0.3 is 11.9 Å². The molecule has 0 radical (unpaired) electrons. The number of para-hydroxylation sites is 3. The van der Waals surface area contributed by atoms with Gasteiger partial charge in [-0.25, -0.2) is 14.5 Å². The number of rotatable bonds is 4. The molecule has 47 heavy (non-hydrogen) atoms. The first-order valence-electron chi connectivity index (χ1n) is 15.1. The molecule has 7 aromatic carbocycles.